The Labute approximate surface area is 152 Å². The van der Waals surface area contributed by atoms with Crippen molar-refractivity contribution in [2.75, 3.05) is 20.2 Å². The maximum atomic E-state index is 12.8. The van der Waals surface area contributed by atoms with E-state index in [1.54, 1.807) is 7.11 Å². The van der Waals surface area contributed by atoms with E-state index in [1.807, 2.05) is 29.2 Å². The van der Waals surface area contributed by atoms with Gasteiger partial charge in [0.2, 0.25) is 5.91 Å². The number of aromatic nitrogens is 1. The van der Waals surface area contributed by atoms with E-state index in [9.17, 15) is 9.59 Å². The number of hydrogen-bond donors (Lipinski definition) is 2. The van der Waals surface area contributed by atoms with Crippen molar-refractivity contribution < 1.29 is 14.3 Å². The highest BCUT2D eigenvalue weighted by molar-refractivity contribution is 5.98. The number of aromatic amines is 1. The lowest BCUT2D eigenvalue weighted by Gasteiger charge is -2.31. The van der Waals surface area contributed by atoms with Crippen LogP contribution in [-0.4, -0.2) is 47.9 Å². The number of piperidine rings is 1. The summed E-state index contributed by atoms with van der Waals surface area (Å²) in [6.45, 7) is 1.41. The number of ether oxygens (including phenoxy) is 1. The van der Waals surface area contributed by atoms with Crippen molar-refractivity contribution in [2.45, 2.75) is 38.1 Å². The molecule has 0 radical (unpaired) electrons. The fraction of sp³-hybridized carbons (Fsp3) is 0.500. The number of fused-ring (bicyclic) bond motifs is 1. The number of likely N-dealkylation sites (tertiary alicyclic amines) is 1. The molecule has 0 bridgehead atoms. The van der Waals surface area contributed by atoms with Crippen LogP contribution in [0, 0.1) is 5.92 Å². The van der Waals surface area contributed by atoms with Crippen molar-refractivity contribution >= 4 is 22.7 Å². The standard InChI is InChI=1S/C20H25N3O3/c1-26-16-5-2-14-11-18(22-17(14)12-16)20(25)23-8-6-13(7-9-23)10-19(24)21-15-3-4-15/h2,5,11-13,15,22H,3-4,6-10H2,1H3,(H,21,24). The van der Waals surface area contributed by atoms with Crippen molar-refractivity contribution in [3.63, 3.8) is 0 Å². The summed E-state index contributed by atoms with van der Waals surface area (Å²) in [7, 11) is 1.63. The summed E-state index contributed by atoms with van der Waals surface area (Å²) >= 11 is 0. The fourth-order valence-corrected chi connectivity index (χ4v) is 3.64. The third kappa shape index (κ3) is 3.69. The molecule has 2 aliphatic rings. The average Bonchev–Trinajstić information content (AvgIpc) is 3.35. The molecule has 6 heteroatoms. The van der Waals surface area contributed by atoms with Gasteiger partial charge in [-0.1, -0.05) is 0 Å². The van der Waals surface area contributed by atoms with Gasteiger partial charge in [0, 0.05) is 42.5 Å². The van der Waals surface area contributed by atoms with Gasteiger partial charge in [0.25, 0.3) is 5.91 Å². The fourth-order valence-electron chi connectivity index (χ4n) is 3.64. The van der Waals surface area contributed by atoms with E-state index in [4.69, 9.17) is 4.74 Å². The molecule has 2 fully saturated rings. The van der Waals surface area contributed by atoms with Gasteiger partial charge in [-0.3, -0.25) is 9.59 Å². The van der Waals surface area contributed by atoms with Crippen LogP contribution in [0.1, 0.15) is 42.6 Å². The Balaban J connectivity index is 1.34. The summed E-state index contributed by atoms with van der Waals surface area (Å²) in [6.07, 6.45) is 4.60. The molecule has 0 spiro atoms. The molecule has 2 aromatic rings. The van der Waals surface area contributed by atoms with Crippen molar-refractivity contribution in [3.8, 4) is 5.75 Å². The molecule has 1 aliphatic heterocycles. The summed E-state index contributed by atoms with van der Waals surface area (Å²) in [5.41, 5.74) is 1.51. The van der Waals surface area contributed by atoms with Crippen molar-refractivity contribution in [2.24, 2.45) is 5.92 Å². The molecule has 1 saturated heterocycles. The van der Waals surface area contributed by atoms with Crippen LogP contribution in [0.25, 0.3) is 10.9 Å². The second-order valence-corrected chi connectivity index (χ2v) is 7.42. The van der Waals surface area contributed by atoms with Crippen LogP contribution in [0.5, 0.6) is 5.75 Å². The first-order valence-electron chi connectivity index (χ1n) is 9.38. The van der Waals surface area contributed by atoms with Crippen LogP contribution in [-0.2, 0) is 4.79 Å². The quantitative estimate of drug-likeness (QED) is 0.866. The average molecular weight is 355 g/mol. The Bertz CT molecular complexity index is 817. The molecular formula is C20H25N3O3. The molecule has 6 nitrogen and oxygen atoms in total. The monoisotopic (exact) mass is 355 g/mol. The number of carbonyl (C=O) groups is 2. The zero-order chi connectivity index (χ0) is 18.1. The predicted octanol–water partition coefficient (Wildman–Crippen LogP) is 2.70. The van der Waals surface area contributed by atoms with Gasteiger partial charge in [0.05, 0.1) is 7.11 Å². The second-order valence-electron chi connectivity index (χ2n) is 7.42. The minimum atomic E-state index is 0.0287. The van der Waals surface area contributed by atoms with Gasteiger partial charge < -0.3 is 19.9 Å². The van der Waals surface area contributed by atoms with E-state index in [0.717, 1.165) is 42.3 Å². The van der Waals surface area contributed by atoms with Crippen molar-refractivity contribution in [1.29, 1.82) is 0 Å². The zero-order valence-electron chi connectivity index (χ0n) is 15.1. The number of carbonyl (C=O) groups excluding carboxylic acids is 2. The minimum absolute atomic E-state index is 0.0287. The van der Waals surface area contributed by atoms with Gasteiger partial charge in [0.1, 0.15) is 11.4 Å². The molecule has 4 rings (SSSR count). The van der Waals surface area contributed by atoms with Crippen LogP contribution < -0.4 is 10.1 Å². The van der Waals surface area contributed by atoms with Gasteiger partial charge in [-0.05, 0) is 49.8 Å². The largest absolute Gasteiger partial charge is 0.497 e. The number of nitrogens with zero attached hydrogens (tertiary/aromatic N) is 1. The summed E-state index contributed by atoms with van der Waals surface area (Å²) in [5.74, 6) is 1.34. The maximum Gasteiger partial charge on any atom is 0.270 e. The summed E-state index contributed by atoms with van der Waals surface area (Å²) < 4.78 is 5.23. The van der Waals surface area contributed by atoms with Crippen LogP contribution >= 0.6 is 0 Å². The highest BCUT2D eigenvalue weighted by Crippen LogP contribution is 2.25. The van der Waals surface area contributed by atoms with Crippen LogP contribution in [0.2, 0.25) is 0 Å². The lowest BCUT2D eigenvalue weighted by molar-refractivity contribution is -0.122. The minimum Gasteiger partial charge on any atom is -0.497 e. The third-order valence-electron chi connectivity index (χ3n) is 5.38. The van der Waals surface area contributed by atoms with E-state index in [-0.39, 0.29) is 11.8 Å². The lowest BCUT2D eigenvalue weighted by atomic mass is 9.93. The highest BCUT2D eigenvalue weighted by Gasteiger charge is 2.28. The van der Waals surface area contributed by atoms with Gasteiger partial charge in [-0.25, -0.2) is 0 Å². The number of H-pyrrole nitrogens is 1. The van der Waals surface area contributed by atoms with Gasteiger partial charge in [0.15, 0.2) is 0 Å². The van der Waals surface area contributed by atoms with E-state index >= 15 is 0 Å². The van der Waals surface area contributed by atoms with Gasteiger partial charge in [-0.15, -0.1) is 0 Å². The number of methoxy groups -OCH3 is 1. The van der Waals surface area contributed by atoms with Crippen LogP contribution in [0.15, 0.2) is 24.3 Å². The molecule has 138 valence electrons. The molecule has 1 aliphatic carbocycles. The number of amides is 2. The predicted molar refractivity (Wildman–Crippen MR) is 99.3 cm³/mol. The Hall–Kier alpha value is -2.50. The SMILES string of the molecule is COc1ccc2cc(C(=O)N3CCC(CC(=O)NC4CC4)CC3)[nH]c2c1. The summed E-state index contributed by atoms with van der Waals surface area (Å²) in [6, 6.07) is 8.06. The zero-order valence-corrected chi connectivity index (χ0v) is 15.1. The van der Waals surface area contributed by atoms with E-state index in [2.05, 4.69) is 10.3 Å². The van der Waals surface area contributed by atoms with E-state index < -0.39 is 0 Å². The van der Waals surface area contributed by atoms with E-state index in [1.165, 1.54) is 0 Å². The summed E-state index contributed by atoms with van der Waals surface area (Å²) in [5, 5.41) is 4.05. The molecule has 1 saturated carbocycles. The number of rotatable bonds is 5. The molecule has 2 heterocycles. The first kappa shape index (κ1) is 16.9. The summed E-state index contributed by atoms with van der Waals surface area (Å²) in [4.78, 5) is 29.8. The number of benzene rings is 1. The van der Waals surface area contributed by atoms with Crippen molar-refractivity contribution in [3.05, 3.63) is 30.0 Å². The Kier molecular flexibility index (Phi) is 4.57. The first-order valence-corrected chi connectivity index (χ1v) is 9.38. The lowest BCUT2D eigenvalue weighted by Crippen LogP contribution is -2.40. The molecule has 26 heavy (non-hydrogen) atoms. The maximum absolute atomic E-state index is 12.8. The highest BCUT2D eigenvalue weighted by atomic mass is 16.5. The molecule has 2 amide bonds. The molecule has 1 aromatic heterocycles. The Morgan fingerprint density at radius 1 is 1.19 bits per heavy atom. The third-order valence-corrected chi connectivity index (χ3v) is 5.38. The normalized spacial score (nSPS) is 18.1. The number of hydrogen-bond acceptors (Lipinski definition) is 3. The molecule has 0 atom stereocenters. The Morgan fingerprint density at radius 3 is 2.65 bits per heavy atom. The van der Waals surface area contributed by atoms with Gasteiger partial charge >= 0.3 is 0 Å². The van der Waals surface area contributed by atoms with Crippen LogP contribution in [0.4, 0.5) is 0 Å². The first-order chi connectivity index (χ1) is 12.6. The van der Waals surface area contributed by atoms with Gasteiger partial charge in [-0.2, -0.15) is 0 Å². The molecule has 1 aromatic carbocycles. The topological polar surface area (TPSA) is 74.4 Å². The van der Waals surface area contributed by atoms with Crippen LogP contribution in [0.3, 0.4) is 0 Å². The molecule has 0 unspecified atom stereocenters. The molecular weight excluding hydrogens is 330 g/mol. The molecule has 2 N–H and O–H groups in total. The van der Waals surface area contributed by atoms with Crippen molar-refractivity contribution in [1.82, 2.24) is 15.2 Å². The van der Waals surface area contributed by atoms with E-state index in [0.29, 0.717) is 37.2 Å². The smallest absolute Gasteiger partial charge is 0.270 e. The second kappa shape index (κ2) is 7.02. The Morgan fingerprint density at radius 2 is 1.96 bits per heavy atom. The number of nitrogens with one attached hydrogen (secondary N) is 2.